The molecule has 0 aliphatic rings. The molecule has 0 radical (unpaired) electrons. The van der Waals surface area contributed by atoms with Crippen molar-refractivity contribution in [2.45, 2.75) is 11.8 Å². The Kier molecular flexibility index (Phi) is 2.73. The Bertz CT molecular complexity index is 300. The topological polar surface area (TPSA) is 57.2 Å². The van der Waals surface area contributed by atoms with Crippen LogP contribution in [0.4, 0.5) is 0 Å². The molecule has 1 atom stereocenters. The molecule has 0 aliphatic carbocycles. The average Bonchev–Trinajstić information content (AvgIpc) is 2.04. The predicted octanol–water partition coefficient (Wildman–Crippen LogP) is 1.13. The van der Waals surface area contributed by atoms with Gasteiger partial charge in [-0.1, -0.05) is 18.2 Å². The molecule has 0 fully saturated rings. The fraction of sp³-hybridized carbons (Fsp3) is 0.125. The molecule has 0 saturated heterocycles. The summed E-state index contributed by atoms with van der Waals surface area (Å²) in [5.74, 6) is -0.241. The SMILES string of the molecule is CC(=O)c1ccccc1S(=O)[O-]. The third kappa shape index (κ3) is 1.78. The van der Waals surface area contributed by atoms with Gasteiger partial charge in [-0.3, -0.25) is 9.00 Å². The predicted molar refractivity (Wildman–Crippen MR) is 43.6 cm³/mol. The van der Waals surface area contributed by atoms with Gasteiger partial charge in [0.2, 0.25) is 0 Å². The summed E-state index contributed by atoms with van der Waals surface area (Å²) in [4.78, 5) is 11.0. The first kappa shape index (κ1) is 9.09. The van der Waals surface area contributed by atoms with Crippen molar-refractivity contribution in [3.63, 3.8) is 0 Å². The smallest absolute Gasteiger partial charge is 0.160 e. The number of Topliss-reactive ketones (excluding diaryl/α,β-unsaturated/α-hetero) is 1. The van der Waals surface area contributed by atoms with Gasteiger partial charge in [0.15, 0.2) is 5.78 Å². The lowest BCUT2D eigenvalue weighted by molar-refractivity contribution is 0.101. The first-order valence-corrected chi connectivity index (χ1v) is 4.39. The molecular weight excluding hydrogens is 176 g/mol. The lowest BCUT2D eigenvalue weighted by Gasteiger charge is -2.08. The van der Waals surface area contributed by atoms with Crippen LogP contribution in [-0.2, 0) is 11.1 Å². The van der Waals surface area contributed by atoms with Gasteiger partial charge in [0.05, 0.1) is 0 Å². The van der Waals surface area contributed by atoms with Gasteiger partial charge in [0, 0.05) is 10.5 Å². The normalized spacial score (nSPS) is 12.5. The van der Waals surface area contributed by atoms with Crippen LogP contribution in [0.5, 0.6) is 0 Å². The summed E-state index contributed by atoms with van der Waals surface area (Å²) in [7, 11) is 0. The van der Waals surface area contributed by atoms with Gasteiger partial charge in [0.1, 0.15) is 0 Å². The van der Waals surface area contributed by atoms with E-state index in [1.807, 2.05) is 0 Å². The van der Waals surface area contributed by atoms with Crippen LogP contribution in [0.1, 0.15) is 17.3 Å². The van der Waals surface area contributed by atoms with E-state index in [1.165, 1.54) is 19.1 Å². The van der Waals surface area contributed by atoms with E-state index in [0.29, 0.717) is 0 Å². The number of benzene rings is 1. The summed E-state index contributed by atoms with van der Waals surface area (Å²) < 4.78 is 21.1. The monoisotopic (exact) mass is 183 g/mol. The zero-order valence-corrected chi connectivity index (χ0v) is 7.26. The summed E-state index contributed by atoms with van der Waals surface area (Å²) in [5.41, 5.74) is 0.242. The van der Waals surface area contributed by atoms with Gasteiger partial charge in [-0.15, -0.1) is 0 Å². The molecule has 0 spiro atoms. The standard InChI is InChI=1S/C8H8O3S/c1-6(9)7-4-2-3-5-8(7)12(10)11/h2-5H,1H3,(H,10,11)/p-1. The second-order valence-electron chi connectivity index (χ2n) is 2.29. The van der Waals surface area contributed by atoms with Crippen LogP contribution < -0.4 is 0 Å². The molecule has 0 N–H and O–H groups in total. The Balaban J connectivity index is 3.27. The number of hydrogen-bond acceptors (Lipinski definition) is 3. The highest BCUT2D eigenvalue weighted by atomic mass is 32.2. The minimum absolute atomic E-state index is 0.0602. The first-order chi connectivity index (χ1) is 5.63. The fourth-order valence-corrected chi connectivity index (χ4v) is 1.48. The summed E-state index contributed by atoms with van der Waals surface area (Å²) in [5, 5.41) is 0. The van der Waals surface area contributed by atoms with Gasteiger partial charge in [-0.2, -0.15) is 0 Å². The maximum absolute atomic E-state index is 10.9. The van der Waals surface area contributed by atoms with Crippen molar-refractivity contribution in [2.24, 2.45) is 0 Å². The molecule has 3 nitrogen and oxygen atoms in total. The van der Waals surface area contributed by atoms with E-state index in [4.69, 9.17) is 0 Å². The molecule has 0 heterocycles. The summed E-state index contributed by atoms with van der Waals surface area (Å²) in [6.07, 6.45) is 0. The quantitative estimate of drug-likeness (QED) is 0.510. The van der Waals surface area contributed by atoms with Crippen molar-refractivity contribution in [1.82, 2.24) is 0 Å². The average molecular weight is 183 g/mol. The molecule has 0 amide bonds. The highest BCUT2D eigenvalue weighted by molar-refractivity contribution is 7.79. The van der Waals surface area contributed by atoms with Crippen LogP contribution in [0, 0.1) is 0 Å². The lowest BCUT2D eigenvalue weighted by Crippen LogP contribution is -2.00. The Morgan fingerprint density at radius 1 is 1.42 bits per heavy atom. The number of rotatable bonds is 2. The second kappa shape index (κ2) is 3.60. The summed E-state index contributed by atoms with van der Waals surface area (Å²) in [6.45, 7) is 1.34. The van der Waals surface area contributed by atoms with Gasteiger partial charge in [-0.05, 0) is 24.1 Å². The van der Waals surface area contributed by atoms with E-state index in [1.54, 1.807) is 12.1 Å². The summed E-state index contributed by atoms with van der Waals surface area (Å²) in [6, 6.07) is 6.11. The number of carbonyl (C=O) groups is 1. The molecule has 4 heteroatoms. The van der Waals surface area contributed by atoms with E-state index in [0.717, 1.165) is 0 Å². The number of hydrogen-bond donors (Lipinski definition) is 0. The number of ketones is 1. The lowest BCUT2D eigenvalue weighted by atomic mass is 10.1. The van der Waals surface area contributed by atoms with Crippen LogP contribution >= 0.6 is 0 Å². The Labute approximate surface area is 72.7 Å². The van der Waals surface area contributed by atoms with Crippen molar-refractivity contribution >= 4 is 16.9 Å². The fourth-order valence-electron chi connectivity index (χ4n) is 0.903. The number of carbonyl (C=O) groups excluding carboxylic acids is 1. The molecule has 0 aliphatic heterocycles. The Hall–Kier alpha value is -1.00. The molecule has 1 aromatic carbocycles. The van der Waals surface area contributed by atoms with Crippen molar-refractivity contribution in [2.75, 3.05) is 0 Å². The van der Waals surface area contributed by atoms with Crippen LogP contribution in [0.25, 0.3) is 0 Å². The first-order valence-electron chi connectivity index (χ1n) is 3.32. The third-order valence-electron chi connectivity index (χ3n) is 1.45. The molecule has 64 valence electrons. The molecule has 0 aromatic heterocycles. The Morgan fingerprint density at radius 3 is 2.42 bits per heavy atom. The second-order valence-corrected chi connectivity index (χ2v) is 3.20. The molecular formula is C8H7O3S-. The minimum atomic E-state index is -2.33. The highest BCUT2D eigenvalue weighted by Gasteiger charge is 2.05. The van der Waals surface area contributed by atoms with Crippen LogP contribution in [-0.4, -0.2) is 14.5 Å². The van der Waals surface area contributed by atoms with E-state index in [2.05, 4.69) is 0 Å². The van der Waals surface area contributed by atoms with E-state index < -0.39 is 11.1 Å². The molecule has 0 bridgehead atoms. The van der Waals surface area contributed by atoms with Gasteiger partial charge in [0.25, 0.3) is 0 Å². The highest BCUT2D eigenvalue weighted by Crippen LogP contribution is 2.12. The summed E-state index contributed by atoms with van der Waals surface area (Å²) >= 11 is -2.33. The zero-order valence-electron chi connectivity index (χ0n) is 6.44. The molecule has 1 rings (SSSR count). The van der Waals surface area contributed by atoms with Gasteiger partial charge in [-0.25, -0.2) is 0 Å². The molecule has 0 saturated carbocycles. The largest absolute Gasteiger partial charge is 0.768 e. The molecule has 1 aromatic rings. The van der Waals surface area contributed by atoms with Crippen LogP contribution in [0.15, 0.2) is 29.2 Å². The van der Waals surface area contributed by atoms with Crippen molar-refractivity contribution < 1.29 is 13.6 Å². The maximum Gasteiger partial charge on any atom is 0.160 e. The minimum Gasteiger partial charge on any atom is -0.768 e. The Morgan fingerprint density at radius 2 is 2.00 bits per heavy atom. The van der Waals surface area contributed by atoms with E-state index in [-0.39, 0.29) is 16.2 Å². The molecule has 1 unspecified atom stereocenters. The van der Waals surface area contributed by atoms with Crippen LogP contribution in [0.3, 0.4) is 0 Å². The van der Waals surface area contributed by atoms with Crippen molar-refractivity contribution in [3.8, 4) is 0 Å². The third-order valence-corrected chi connectivity index (χ3v) is 2.16. The van der Waals surface area contributed by atoms with Crippen molar-refractivity contribution in [3.05, 3.63) is 29.8 Å². The van der Waals surface area contributed by atoms with Gasteiger partial charge >= 0.3 is 0 Å². The van der Waals surface area contributed by atoms with Crippen molar-refractivity contribution in [1.29, 1.82) is 0 Å². The van der Waals surface area contributed by atoms with Gasteiger partial charge < -0.3 is 4.55 Å². The molecule has 12 heavy (non-hydrogen) atoms. The zero-order chi connectivity index (χ0) is 9.14. The van der Waals surface area contributed by atoms with E-state index >= 15 is 0 Å². The van der Waals surface area contributed by atoms with E-state index in [9.17, 15) is 13.6 Å². The maximum atomic E-state index is 10.9. The van der Waals surface area contributed by atoms with Crippen LogP contribution in [0.2, 0.25) is 0 Å².